The summed E-state index contributed by atoms with van der Waals surface area (Å²) in [5.74, 6) is 0.903. The molecule has 2 aromatic rings. The van der Waals surface area contributed by atoms with Crippen molar-refractivity contribution in [2.75, 3.05) is 0 Å². The van der Waals surface area contributed by atoms with Gasteiger partial charge in [0.15, 0.2) is 0 Å². The van der Waals surface area contributed by atoms with E-state index in [0.29, 0.717) is 5.02 Å². The van der Waals surface area contributed by atoms with Crippen LogP contribution in [0, 0.1) is 13.8 Å². The number of aryl methyl sites for hydroxylation is 2. The predicted molar refractivity (Wildman–Crippen MR) is 82.9 cm³/mol. The average Bonchev–Trinajstić information content (AvgIpc) is 2.36. The van der Waals surface area contributed by atoms with Crippen molar-refractivity contribution in [1.29, 1.82) is 0 Å². The van der Waals surface area contributed by atoms with Gasteiger partial charge in [0.2, 0.25) is 0 Å². The minimum absolute atomic E-state index is 0.0295. The maximum atomic E-state index is 9.06. The molecule has 0 amide bonds. The minimum atomic E-state index is 0.0295. The number of hydrogen-bond donors (Lipinski definition) is 1. The van der Waals surface area contributed by atoms with Crippen molar-refractivity contribution in [3.8, 4) is 0 Å². The van der Waals surface area contributed by atoms with Crippen LogP contribution in [-0.2, 0) is 12.4 Å². The molecule has 1 nitrogen and oxygen atoms in total. The first-order chi connectivity index (χ1) is 9.08. The van der Waals surface area contributed by atoms with Gasteiger partial charge in [-0.3, -0.25) is 0 Å². The van der Waals surface area contributed by atoms with Crippen LogP contribution in [0.4, 0.5) is 0 Å². The van der Waals surface area contributed by atoms with Crippen LogP contribution in [0.2, 0.25) is 5.02 Å². The summed E-state index contributed by atoms with van der Waals surface area (Å²) in [6.45, 7) is 4.26. The predicted octanol–water partition coefficient (Wildman–Crippen LogP) is 4.74. The van der Waals surface area contributed by atoms with Gasteiger partial charge in [-0.05, 0) is 37.1 Å². The second-order valence-corrected chi connectivity index (χ2v) is 6.13. The van der Waals surface area contributed by atoms with E-state index in [-0.39, 0.29) is 6.61 Å². The Bertz CT molecular complexity index is 561. The van der Waals surface area contributed by atoms with Gasteiger partial charge in [0, 0.05) is 10.6 Å². The first kappa shape index (κ1) is 14.4. The lowest BCUT2D eigenvalue weighted by Crippen LogP contribution is -1.87. The van der Waals surface area contributed by atoms with E-state index in [9.17, 15) is 0 Å². The third-order valence-corrected chi connectivity index (χ3v) is 4.42. The van der Waals surface area contributed by atoms with E-state index < -0.39 is 0 Å². The number of thioether (sulfide) groups is 1. The number of aliphatic hydroxyl groups excluding tert-OH is 1. The van der Waals surface area contributed by atoms with Gasteiger partial charge in [0.1, 0.15) is 0 Å². The molecule has 2 rings (SSSR count). The molecule has 0 saturated heterocycles. The van der Waals surface area contributed by atoms with Gasteiger partial charge in [0.25, 0.3) is 0 Å². The number of aliphatic hydroxyl groups is 1. The first-order valence-electron chi connectivity index (χ1n) is 6.18. The molecule has 2 aromatic carbocycles. The number of halogens is 1. The van der Waals surface area contributed by atoms with Gasteiger partial charge >= 0.3 is 0 Å². The maximum absolute atomic E-state index is 9.06. The zero-order valence-electron chi connectivity index (χ0n) is 11.1. The van der Waals surface area contributed by atoms with Crippen LogP contribution in [0.1, 0.15) is 22.3 Å². The zero-order chi connectivity index (χ0) is 13.8. The molecule has 0 saturated carbocycles. The third-order valence-electron chi connectivity index (χ3n) is 2.85. The Balaban J connectivity index is 2.10. The van der Waals surface area contributed by atoms with Gasteiger partial charge in [-0.2, -0.15) is 0 Å². The van der Waals surface area contributed by atoms with Gasteiger partial charge in [-0.1, -0.05) is 47.0 Å². The Morgan fingerprint density at radius 2 is 1.68 bits per heavy atom. The SMILES string of the molecule is Cc1cc(C)cc(CSc2ccc(CO)cc2Cl)c1. The Morgan fingerprint density at radius 3 is 2.26 bits per heavy atom. The lowest BCUT2D eigenvalue weighted by Gasteiger charge is -2.07. The van der Waals surface area contributed by atoms with Crippen molar-refractivity contribution in [3.63, 3.8) is 0 Å². The fraction of sp³-hybridized carbons (Fsp3) is 0.250. The molecule has 3 heteroatoms. The van der Waals surface area contributed by atoms with Crippen molar-refractivity contribution in [3.05, 3.63) is 63.7 Å². The van der Waals surface area contributed by atoms with E-state index in [1.165, 1.54) is 16.7 Å². The van der Waals surface area contributed by atoms with Gasteiger partial charge in [-0.15, -0.1) is 11.8 Å². The van der Waals surface area contributed by atoms with E-state index in [4.69, 9.17) is 16.7 Å². The number of hydrogen-bond acceptors (Lipinski definition) is 2. The Morgan fingerprint density at radius 1 is 1.00 bits per heavy atom. The van der Waals surface area contributed by atoms with Crippen molar-refractivity contribution in [2.45, 2.75) is 31.1 Å². The van der Waals surface area contributed by atoms with Crippen LogP contribution >= 0.6 is 23.4 Å². The second kappa shape index (κ2) is 6.47. The molecule has 0 aromatic heterocycles. The largest absolute Gasteiger partial charge is 0.392 e. The monoisotopic (exact) mass is 292 g/mol. The minimum Gasteiger partial charge on any atom is -0.392 e. The van der Waals surface area contributed by atoms with E-state index in [1.54, 1.807) is 11.8 Å². The summed E-state index contributed by atoms with van der Waals surface area (Å²) in [6, 6.07) is 12.3. The number of benzene rings is 2. The summed E-state index contributed by atoms with van der Waals surface area (Å²) >= 11 is 7.93. The Hall–Kier alpha value is -0.960. The highest BCUT2D eigenvalue weighted by molar-refractivity contribution is 7.98. The molecule has 19 heavy (non-hydrogen) atoms. The molecule has 0 atom stereocenters. The molecule has 0 fully saturated rings. The fourth-order valence-corrected chi connectivity index (χ4v) is 3.29. The van der Waals surface area contributed by atoms with Gasteiger partial charge in [0.05, 0.1) is 11.6 Å². The molecular weight excluding hydrogens is 276 g/mol. The van der Waals surface area contributed by atoms with Crippen molar-refractivity contribution < 1.29 is 5.11 Å². The smallest absolute Gasteiger partial charge is 0.0682 e. The highest BCUT2D eigenvalue weighted by Crippen LogP contribution is 2.31. The second-order valence-electron chi connectivity index (χ2n) is 4.71. The fourth-order valence-electron chi connectivity index (χ4n) is 2.07. The average molecular weight is 293 g/mol. The molecule has 0 aliphatic rings. The summed E-state index contributed by atoms with van der Waals surface area (Å²) in [7, 11) is 0. The first-order valence-corrected chi connectivity index (χ1v) is 7.54. The maximum Gasteiger partial charge on any atom is 0.0682 e. The Labute approximate surface area is 123 Å². The van der Waals surface area contributed by atoms with Crippen LogP contribution in [0.15, 0.2) is 41.3 Å². The molecule has 1 N–H and O–H groups in total. The lowest BCUT2D eigenvalue weighted by atomic mass is 10.1. The molecule has 0 aliphatic carbocycles. The van der Waals surface area contributed by atoms with Crippen LogP contribution in [0.25, 0.3) is 0 Å². The zero-order valence-corrected chi connectivity index (χ0v) is 12.7. The summed E-state index contributed by atoms with van der Waals surface area (Å²) in [6.07, 6.45) is 0. The van der Waals surface area contributed by atoms with E-state index in [2.05, 4.69) is 32.0 Å². The quantitative estimate of drug-likeness (QED) is 0.821. The standard InChI is InChI=1S/C16H17ClOS/c1-11-5-12(2)7-14(6-11)10-19-16-4-3-13(9-18)8-15(16)17/h3-8,18H,9-10H2,1-2H3. The van der Waals surface area contributed by atoms with Crippen molar-refractivity contribution in [2.24, 2.45) is 0 Å². The van der Waals surface area contributed by atoms with Crippen LogP contribution < -0.4 is 0 Å². The summed E-state index contributed by atoms with van der Waals surface area (Å²) in [5.41, 5.74) is 4.74. The molecule has 0 bridgehead atoms. The van der Waals surface area contributed by atoms with E-state index >= 15 is 0 Å². The van der Waals surface area contributed by atoms with Gasteiger partial charge in [-0.25, -0.2) is 0 Å². The normalized spacial score (nSPS) is 10.7. The highest BCUT2D eigenvalue weighted by atomic mass is 35.5. The third kappa shape index (κ3) is 4.00. The Kier molecular flexibility index (Phi) is 4.92. The summed E-state index contributed by atoms with van der Waals surface area (Å²) in [4.78, 5) is 1.05. The van der Waals surface area contributed by atoms with E-state index in [0.717, 1.165) is 16.2 Å². The van der Waals surface area contributed by atoms with E-state index in [1.807, 2.05) is 18.2 Å². The highest BCUT2D eigenvalue weighted by Gasteiger charge is 2.04. The van der Waals surface area contributed by atoms with Crippen LogP contribution in [-0.4, -0.2) is 5.11 Å². The van der Waals surface area contributed by atoms with Crippen molar-refractivity contribution in [1.82, 2.24) is 0 Å². The number of rotatable bonds is 4. The van der Waals surface area contributed by atoms with Crippen LogP contribution in [0.5, 0.6) is 0 Å². The van der Waals surface area contributed by atoms with Crippen LogP contribution in [0.3, 0.4) is 0 Å². The summed E-state index contributed by atoms with van der Waals surface area (Å²) in [5, 5.41) is 9.77. The molecule has 0 aliphatic heterocycles. The lowest BCUT2D eigenvalue weighted by molar-refractivity contribution is 0.282. The van der Waals surface area contributed by atoms with Crippen molar-refractivity contribution >= 4 is 23.4 Å². The molecule has 0 unspecified atom stereocenters. The molecule has 0 radical (unpaired) electrons. The molecule has 0 heterocycles. The molecule has 100 valence electrons. The molecule has 0 spiro atoms. The van der Waals surface area contributed by atoms with Gasteiger partial charge < -0.3 is 5.11 Å². The summed E-state index contributed by atoms with van der Waals surface area (Å²) < 4.78 is 0. The molecular formula is C16H17ClOS. The topological polar surface area (TPSA) is 20.2 Å².